The minimum absolute atomic E-state index is 0.176. The van der Waals surface area contributed by atoms with Crippen molar-refractivity contribution < 1.29 is 13.2 Å². The molecule has 0 saturated carbocycles. The Balaban J connectivity index is 2.34. The van der Waals surface area contributed by atoms with Crippen molar-refractivity contribution >= 4 is 11.8 Å². The average molecular weight is 277 g/mol. The van der Waals surface area contributed by atoms with Crippen LogP contribution in [0, 0.1) is 13.8 Å². The number of aromatic amines is 1. The summed E-state index contributed by atoms with van der Waals surface area (Å²) in [6.07, 6.45) is -4.50. The van der Waals surface area contributed by atoms with Crippen LogP contribution in [0.25, 0.3) is 0 Å². The molecule has 98 valence electrons. The van der Waals surface area contributed by atoms with Crippen LogP contribution in [0.2, 0.25) is 0 Å². The molecule has 2 aromatic rings. The standard InChI is InChI=1S/C9H10F3N5S/c1-4-6(5(2)14-13-4)18-8-16-15-7(17(8)3)9(10,11)12/h1-3H3,(H,13,14). The van der Waals surface area contributed by atoms with Crippen molar-refractivity contribution in [2.24, 2.45) is 7.05 Å². The maximum Gasteiger partial charge on any atom is 0.451 e. The van der Waals surface area contributed by atoms with Gasteiger partial charge < -0.3 is 4.57 Å². The molecule has 0 spiro atoms. The Labute approximate surface area is 105 Å². The van der Waals surface area contributed by atoms with E-state index in [0.717, 1.165) is 26.9 Å². The highest BCUT2D eigenvalue weighted by Crippen LogP contribution is 2.34. The maximum absolute atomic E-state index is 12.5. The van der Waals surface area contributed by atoms with Gasteiger partial charge in [0.2, 0.25) is 5.82 Å². The van der Waals surface area contributed by atoms with E-state index < -0.39 is 12.0 Å². The normalized spacial score (nSPS) is 12.1. The van der Waals surface area contributed by atoms with Crippen molar-refractivity contribution in [1.82, 2.24) is 25.0 Å². The van der Waals surface area contributed by atoms with Gasteiger partial charge in [0, 0.05) is 12.7 Å². The van der Waals surface area contributed by atoms with E-state index in [9.17, 15) is 13.2 Å². The Morgan fingerprint density at radius 2 is 1.89 bits per heavy atom. The molecule has 18 heavy (non-hydrogen) atoms. The van der Waals surface area contributed by atoms with Crippen molar-refractivity contribution in [3.8, 4) is 0 Å². The molecule has 0 saturated heterocycles. The highest BCUT2D eigenvalue weighted by Gasteiger charge is 2.37. The number of hydrogen-bond acceptors (Lipinski definition) is 4. The molecule has 5 nitrogen and oxygen atoms in total. The van der Waals surface area contributed by atoms with Crippen molar-refractivity contribution in [3.05, 3.63) is 17.2 Å². The summed E-state index contributed by atoms with van der Waals surface area (Å²) < 4.78 is 38.6. The summed E-state index contributed by atoms with van der Waals surface area (Å²) in [6.45, 7) is 3.57. The molecule has 0 bridgehead atoms. The van der Waals surface area contributed by atoms with Crippen LogP contribution >= 0.6 is 11.8 Å². The average Bonchev–Trinajstić information content (AvgIpc) is 2.76. The van der Waals surface area contributed by atoms with Gasteiger partial charge >= 0.3 is 6.18 Å². The van der Waals surface area contributed by atoms with Crippen molar-refractivity contribution in [3.63, 3.8) is 0 Å². The number of aromatic nitrogens is 5. The molecule has 2 heterocycles. The highest BCUT2D eigenvalue weighted by atomic mass is 32.2. The number of halogens is 3. The van der Waals surface area contributed by atoms with E-state index in [2.05, 4.69) is 20.4 Å². The Hall–Kier alpha value is -1.51. The molecule has 0 aliphatic heterocycles. The van der Waals surface area contributed by atoms with E-state index >= 15 is 0 Å². The lowest BCUT2D eigenvalue weighted by Crippen LogP contribution is -2.12. The van der Waals surface area contributed by atoms with E-state index in [0.29, 0.717) is 5.69 Å². The van der Waals surface area contributed by atoms with Gasteiger partial charge in [0.25, 0.3) is 0 Å². The minimum atomic E-state index is -4.50. The summed E-state index contributed by atoms with van der Waals surface area (Å²) in [5.41, 5.74) is 1.50. The third kappa shape index (κ3) is 2.22. The monoisotopic (exact) mass is 277 g/mol. The number of alkyl halides is 3. The van der Waals surface area contributed by atoms with Crippen molar-refractivity contribution in [2.45, 2.75) is 30.1 Å². The van der Waals surface area contributed by atoms with E-state index in [-0.39, 0.29) is 5.16 Å². The molecule has 0 aliphatic rings. The predicted molar refractivity (Wildman–Crippen MR) is 58.2 cm³/mol. The minimum Gasteiger partial charge on any atom is -0.301 e. The predicted octanol–water partition coefficient (Wildman–Crippen LogP) is 2.33. The van der Waals surface area contributed by atoms with Gasteiger partial charge in [-0.2, -0.15) is 18.3 Å². The first-order valence-electron chi connectivity index (χ1n) is 4.96. The van der Waals surface area contributed by atoms with Gasteiger partial charge in [0.1, 0.15) is 0 Å². The molecule has 0 fully saturated rings. The van der Waals surface area contributed by atoms with Crippen molar-refractivity contribution in [1.29, 1.82) is 0 Å². The van der Waals surface area contributed by atoms with Gasteiger partial charge in [0.15, 0.2) is 5.16 Å². The maximum atomic E-state index is 12.5. The second-order valence-corrected chi connectivity index (χ2v) is 4.71. The first kappa shape index (κ1) is 12.9. The zero-order valence-corrected chi connectivity index (χ0v) is 10.6. The van der Waals surface area contributed by atoms with Gasteiger partial charge in [-0.1, -0.05) is 0 Å². The first-order valence-corrected chi connectivity index (χ1v) is 5.78. The largest absolute Gasteiger partial charge is 0.451 e. The van der Waals surface area contributed by atoms with Crippen LogP contribution in [0.4, 0.5) is 13.2 Å². The van der Waals surface area contributed by atoms with Gasteiger partial charge in [0.05, 0.1) is 10.6 Å². The van der Waals surface area contributed by atoms with Gasteiger partial charge in [-0.05, 0) is 25.6 Å². The molecule has 0 unspecified atom stereocenters. The van der Waals surface area contributed by atoms with Crippen LogP contribution in [0.1, 0.15) is 17.2 Å². The highest BCUT2D eigenvalue weighted by molar-refractivity contribution is 7.99. The van der Waals surface area contributed by atoms with Crippen LogP contribution < -0.4 is 0 Å². The molecule has 0 radical (unpaired) electrons. The van der Waals surface area contributed by atoms with Crippen LogP contribution in [0.5, 0.6) is 0 Å². The van der Waals surface area contributed by atoms with E-state index in [1.165, 1.54) is 7.05 Å². The van der Waals surface area contributed by atoms with Crippen LogP contribution in [0.15, 0.2) is 10.1 Å². The number of aryl methyl sites for hydroxylation is 2. The fraction of sp³-hybridized carbons (Fsp3) is 0.444. The van der Waals surface area contributed by atoms with E-state index in [4.69, 9.17) is 0 Å². The number of nitrogens with zero attached hydrogens (tertiary/aromatic N) is 4. The van der Waals surface area contributed by atoms with Gasteiger partial charge in [-0.3, -0.25) is 5.10 Å². The lowest BCUT2D eigenvalue weighted by atomic mass is 10.4. The molecule has 9 heteroatoms. The summed E-state index contributed by atoms with van der Waals surface area (Å²) in [7, 11) is 1.29. The number of H-pyrrole nitrogens is 1. The zero-order chi connectivity index (χ0) is 13.5. The molecule has 0 aromatic carbocycles. The number of hydrogen-bond donors (Lipinski definition) is 1. The van der Waals surface area contributed by atoms with Gasteiger partial charge in [-0.15, -0.1) is 10.2 Å². The van der Waals surface area contributed by atoms with E-state index in [1.807, 2.05) is 0 Å². The SMILES string of the molecule is Cc1n[nH]c(C)c1Sc1nnc(C(F)(F)F)n1C. The van der Waals surface area contributed by atoms with Crippen LogP contribution in [0.3, 0.4) is 0 Å². The smallest absolute Gasteiger partial charge is 0.301 e. The number of rotatable bonds is 2. The van der Waals surface area contributed by atoms with Gasteiger partial charge in [-0.25, -0.2) is 0 Å². The molecule has 1 N–H and O–H groups in total. The third-order valence-electron chi connectivity index (χ3n) is 2.34. The second-order valence-electron chi connectivity index (χ2n) is 3.73. The first-order chi connectivity index (χ1) is 8.30. The molecule has 0 atom stereocenters. The molecular formula is C9H10F3N5S. The lowest BCUT2D eigenvalue weighted by molar-refractivity contribution is -0.147. The summed E-state index contributed by atoms with van der Waals surface area (Å²) in [5.74, 6) is -1.01. The third-order valence-corrected chi connectivity index (χ3v) is 3.69. The van der Waals surface area contributed by atoms with Crippen molar-refractivity contribution in [2.75, 3.05) is 0 Å². The topological polar surface area (TPSA) is 59.4 Å². The summed E-state index contributed by atoms with van der Waals surface area (Å²) in [6, 6.07) is 0. The molecule has 2 rings (SSSR count). The Morgan fingerprint density at radius 1 is 1.22 bits per heavy atom. The lowest BCUT2D eigenvalue weighted by Gasteiger charge is -2.06. The van der Waals surface area contributed by atoms with E-state index in [1.54, 1.807) is 13.8 Å². The quantitative estimate of drug-likeness (QED) is 0.915. The van der Waals surface area contributed by atoms with Crippen LogP contribution in [-0.2, 0) is 13.2 Å². The van der Waals surface area contributed by atoms with Crippen LogP contribution in [-0.4, -0.2) is 25.0 Å². The fourth-order valence-corrected chi connectivity index (χ4v) is 2.31. The zero-order valence-electron chi connectivity index (χ0n) is 9.83. The summed E-state index contributed by atoms with van der Waals surface area (Å²) in [4.78, 5) is 0.763. The summed E-state index contributed by atoms with van der Waals surface area (Å²) >= 11 is 1.11. The molecule has 0 amide bonds. The fourth-order valence-electron chi connectivity index (χ4n) is 1.43. The Morgan fingerprint density at radius 3 is 2.33 bits per heavy atom. The number of nitrogens with one attached hydrogen (secondary N) is 1. The molecule has 2 aromatic heterocycles. The second kappa shape index (κ2) is 4.30. The Bertz CT molecular complexity index is 552. The molecular weight excluding hydrogens is 267 g/mol. The summed E-state index contributed by atoms with van der Waals surface area (Å²) in [5, 5.41) is 13.6. The Kier molecular flexibility index (Phi) is 3.09. The molecule has 0 aliphatic carbocycles.